The number of likely N-dealkylation sites (tertiary alicyclic amines) is 1. The van der Waals surface area contributed by atoms with Crippen LogP contribution in [0.25, 0.3) is 23.3 Å². The highest BCUT2D eigenvalue weighted by atomic mass is 19.1. The van der Waals surface area contributed by atoms with Gasteiger partial charge in [0.15, 0.2) is 0 Å². The molecule has 0 N–H and O–H groups in total. The molecule has 1 atom stereocenters. The summed E-state index contributed by atoms with van der Waals surface area (Å²) >= 11 is 0. The van der Waals surface area contributed by atoms with Gasteiger partial charge in [0.1, 0.15) is 29.8 Å². The number of rotatable bonds is 9. The maximum absolute atomic E-state index is 13.6. The van der Waals surface area contributed by atoms with Gasteiger partial charge in [-0.2, -0.15) is 0 Å². The Hall–Kier alpha value is -4.22. The molecular weight excluding hydrogens is 561 g/mol. The Morgan fingerprint density at radius 2 is 1.64 bits per heavy atom. The number of halogens is 1. The summed E-state index contributed by atoms with van der Waals surface area (Å²) in [5.74, 6) is 0.320. The van der Waals surface area contributed by atoms with Gasteiger partial charge >= 0.3 is 5.97 Å². The number of nitrogens with zero attached hydrogens (tertiary/aromatic N) is 1. The van der Waals surface area contributed by atoms with Crippen LogP contribution in [0.5, 0.6) is 5.75 Å². The Morgan fingerprint density at radius 3 is 2.38 bits per heavy atom. The van der Waals surface area contributed by atoms with E-state index in [2.05, 4.69) is 85.5 Å². The molecule has 234 valence electrons. The van der Waals surface area contributed by atoms with E-state index < -0.39 is 5.60 Å². The highest BCUT2D eigenvalue weighted by Crippen LogP contribution is 2.32. The summed E-state index contributed by atoms with van der Waals surface area (Å²) in [6, 6.07) is 27.2. The van der Waals surface area contributed by atoms with Gasteiger partial charge in [-0.3, -0.25) is 9.69 Å². The molecule has 45 heavy (non-hydrogen) atoms. The summed E-state index contributed by atoms with van der Waals surface area (Å²) in [6.07, 6.45) is 7.12. The zero-order chi connectivity index (χ0) is 32.0. The van der Waals surface area contributed by atoms with Gasteiger partial charge in [-0.15, -0.1) is 0 Å². The van der Waals surface area contributed by atoms with Crippen molar-refractivity contribution in [3.63, 3.8) is 0 Å². The van der Waals surface area contributed by atoms with Crippen LogP contribution >= 0.6 is 0 Å². The maximum atomic E-state index is 13.6. The molecule has 1 heterocycles. The Kier molecular flexibility index (Phi) is 10.2. The second kappa shape index (κ2) is 14.3. The molecule has 0 saturated carbocycles. The second-order valence-corrected chi connectivity index (χ2v) is 13.0. The first-order valence-corrected chi connectivity index (χ1v) is 15.9. The highest BCUT2D eigenvalue weighted by molar-refractivity contribution is 5.79. The van der Waals surface area contributed by atoms with Crippen molar-refractivity contribution in [1.82, 2.24) is 4.90 Å². The standard InChI is InChI=1S/C40H44FNO3/c1-28-24-34(26-42-23-10-9-16-37(42)39(43)45-40(3,4)5)38(44-27-30-17-21-35(41)22-18-30)25-33(28)20-19-31-14-11-15-36(29(31)2)32-12-7-6-8-13-32/h6-8,11-15,17-22,24-25,37H,9-10,16,23,26-27H2,1-5H3/b20-19+/t37-/m0/s1. The average Bonchev–Trinajstić information content (AvgIpc) is 3.01. The molecule has 0 aliphatic carbocycles. The van der Waals surface area contributed by atoms with Crippen molar-refractivity contribution in [3.05, 3.63) is 124 Å². The molecule has 1 fully saturated rings. The molecule has 0 aromatic heterocycles. The fourth-order valence-corrected chi connectivity index (χ4v) is 5.92. The van der Waals surface area contributed by atoms with Crippen LogP contribution in [0, 0.1) is 19.7 Å². The lowest BCUT2D eigenvalue weighted by Gasteiger charge is -2.36. The van der Waals surface area contributed by atoms with E-state index in [1.165, 1.54) is 28.8 Å². The van der Waals surface area contributed by atoms with E-state index in [-0.39, 0.29) is 17.8 Å². The SMILES string of the molecule is Cc1cc(CN2CCCC[C@H]2C(=O)OC(C)(C)C)c(OCc2ccc(F)cc2)cc1/C=C/c1cccc(-c2ccccc2)c1C. The molecule has 5 heteroatoms. The number of hydrogen-bond donors (Lipinski definition) is 0. The summed E-state index contributed by atoms with van der Waals surface area (Å²) in [5, 5.41) is 0. The van der Waals surface area contributed by atoms with E-state index in [0.717, 1.165) is 59.4 Å². The van der Waals surface area contributed by atoms with Crippen molar-refractivity contribution in [2.75, 3.05) is 6.54 Å². The fraction of sp³-hybridized carbons (Fsp3) is 0.325. The molecule has 4 nitrogen and oxygen atoms in total. The van der Waals surface area contributed by atoms with Crippen LogP contribution in [0.15, 0.2) is 84.9 Å². The van der Waals surface area contributed by atoms with Crippen molar-refractivity contribution in [3.8, 4) is 16.9 Å². The molecule has 4 aromatic carbocycles. The molecule has 0 amide bonds. The molecule has 1 aliphatic rings. The zero-order valence-electron chi connectivity index (χ0n) is 27.1. The Bertz CT molecular complexity index is 1640. The van der Waals surface area contributed by atoms with E-state index in [9.17, 15) is 9.18 Å². The number of aryl methyl sites for hydroxylation is 1. The number of benzene rings is 4. The predicted octanol–water partition coefficient (Wildman–Crippen LogP) is 9.56. The van der Waals surface area contributed by atoms with Gasteiger partial charge in [0.05, 0.1) is 0 Å². The van der Waals surface area contributed by atoms with Crippen LogP contribution in [0.4, 0.5) is 4.39 Å². The Morgan fingerprint density at radius 1 is 0.911 bits per heavy atom. The number of ether oxygens (including phenoxy) is 2. The molecule has 0 spiro atoms. The van der Waals surface area contributed by atoms with Crippen molar-refractivity contribution >= 4 is 18.1 Å². The molecule has 4 aromatic rings. The van der Waals surface area contributed by atoms with Crippen LogP contribution in [0.3, 0.4) is 0 Å². The van der Waals surface area contributed by atoms with E-state index in [4.69, 9.17) is 9.47 Å². The van der Waals surface area contributed by atoms with Gasteiger partial charge in [0, 0.05) is 12.1 Å². The van der Waals surface area contributed by atoms with Gasteiger partial charge in [-0.25, -0.2) is 4.39 Å². The lowest BCUT2D eigenvalue weighted by Crippen LogP contribution is -2.46. The van der Waals surface area contributed by atoms with Crippen LogP contribution in [-0.2, 0) is 22.7 Å². The second-order valence-electron chi connectivity index (χ2n) is 13.0. The third-order valence-corrected chi connectivity index (χ3v) is 8.33. The minimum Gasteiger partial charge on any atom is -0.489 e. The van der Waals surface area contributed by atoms with Gasteiger partial charge in [-0.05, 0) is 111 Å². The average molecular weight is 606 g/mol. The number of carbonyl (C=O) groups excluding carboxylic acids is 1. The van der Waals surface area contributed by atoms with Crippen molar-refractivity contribution in [1.29, 1.82) is 0 Å². The predicted molar refractivity (Wildman–Crippen MR) is 181 cm³/mol. The van der Waals surface area contributed by atoms with E-state index in [0.29, 0.717) is 13.2 Å². The van der Waals surface area contributed by atoms with Crippen molar-refractivity contribution < 1.29 is 18.7 Å². The molecular formula is C40H44FNO3. The first-order chi connectivity index (χ1) is 21.6. The van der Waals surface area contributed by atoms with Gasteiger partial charge in [0.2, 0.25) is 0 Å². The summed E-state index contributed by atoms with van der Waals surface area (Å²) in [7, 11) is 0. The lowest BCUT2D eigenvalue weighted by molar-refractivity contribution is -0.163. The van der Waals surface area contributed by atoms with Crippen LogP contribution < -0.4 is 4.74 Å². The van der Waals surface area contributed by atoms with E-state index in [1.54, 1.807) is 12.1 Å². The zero-order valence-corrected chi connectivity index (χ0v) is 27.1. The highest BCUT2D eigenvalue weighted by Gasteiger charge is 2.33. The molecule has 0 bridgehead atoms. The van der Waals surface area contributed by atoms with Crippen LogP contribution in [0.2, 0.25) is 0 Å². The Balaban J connectivity index is 1.45. The Labute approximate surface area is 267 Å². The number of piperidine rings is 1. The molecule has 0 radical (unpaired) electrons. The number of esters is 1. The fourth-order valence-electron chi connectivity index (χ4n) is 5.92. The topological polar surface area (TPSA) is 38.8 Å². The minimum atomic E-state index is -0.535. The van der Waals surface area contributed by atoms with Gasteiger partial charge in [-0.1, -0.05) is 85.3 Å². The summed E-state index contributed by atoms with van der Waals surface area (Å²) in [4.78, 5) is 15.4. The monoisotopic (exact) mass is 605 g/mol. The largest absolute Gasteiger partial charge is 0.489 e. The maximum Gasteiger partial charge on any atom is 0.323 e. The summed E-state index contributed by atoms with van der Waals surface area (Å²) in [6.45, 7) is 11.7. The first kappa shape index (κ1) is 32.2. The first-order valence-electron chi connectivity index (χ1n) is 15.9. The van der Waals surface area contributed by atoms with Gasteiger partial charge in [0.25, 0.3) is 0 Å². The van der Waals surface area contributed by atoms with Gasteiger partial charge < -0.3 is 9.47 Å². The normalized spacial score (nSPS) is 15.7. The van der Waals surface area contributed by atoms with E-state index >= 15 is 0 Å². The quantitative estimate of drug-likeness (QED) is 0.141. The van der Waals surface area contributed by atoms with Crippen LogP contribution in [0.1, 0.15) is 73.4 Å². The minimum absolute atomic E-state index is 0.166. The summed E-state index contributed by atoms with van der Waals surface area (Å²) in [5.41, 5.74) is 8.34. The molecule has 0 unspecified atom stereocenters. The molecule has 1 saturated heterocycles. The number of hydrogen-bond acceptors (Lipinski definition) is 4. The number of carbonyl (C=O) groups is 1. The third kappa shape index (κ3) is 8.49. The van der Waals surface area contributed by atoms with Crippen molar-refractivity contribution in [2.45, 2.75) is 78.7 Å². The smallest absolute Gasteiger partial charge is 0.323 e. The third-order valence-electron chi connectivity index (χ3n) is 8.33. The van der Waals surface area contributed by atoms with Crippen LogP contribution in [-0.4, -0.2) is 29.1 Å². The molecule has 1 aliphatic heterocycles. The lowest BCUT2D eigenvalue weighted by atomic mass is 9.95. The molecule has 5 rings (SSSR count). The van der Waals surface area contributed by atoms with E-state index in [1.807, 2.05) is 26.8 Å². The summed E-state index contributed by atoms with van der Waals surface area (Å²) < 4.78 is 25.8. The van der Waals surface area contributed by atoms with Crippen molar-refractivity contribution in [2.24, 2.45) is 0 Å².